The number of amides is 2. The molecule has 0 heterocycles. The van der Waals surface area contributed by atoms with Gasteiger partial charge in [0, 0.05) is 33.0 Å². The predicted molar refractivity (Wildman–Crippen MR) is 75.9 cm³/mol. The normalized spacial score (nSPS) is 11.9. The van der Waals surface area contributed by atoms with Crippen LogP contribution in [0.1, 0.15) is 34.1 Å². The molecule has 0 saturated heterocycles. The summed E-state index contributed by atoms with van der Waals surface area (Å²) in [4.78, 5) is 36.1. The first-order chi connectivity index (χ1) is 9.27. The van der Waals surface area contributed by atoms with E-state index in [9.17, 15) is 14.4 Å². The Kier molecular flexibility index (Phi) is 8.59. The standard InChI is InChI=1S/C14H26N2O4/c1-10(2)8-13(18)16(7-6-15-12(4)17)9-11(3)14(19)20-5/h10-11H,6-9H2,1-5H3,(H,15,17). The third-order valence-electron chi connectivity index (χ3n) is 2.79. The van der Waals surface area contributed by atoms with E-state index in [0.717, 1.165) is 0 Å². The fraction of sp³-hybridized carbons (Fsp3) is 0.786. The average molecular weight is 286 g/mol. The van der Waals surface area contributed by atoms with Gasteiger partial charge in [-0.3, -0.25) is 14.4 Å². The molecule has 2 amide bonds. The molecule has 0 aromatic carbocycles. The molecule has 0 spiro atoms. The Morgan fingerprint density at radius 1 is 1.20 bits per heavy atom. The van der Waals surface area contributed by atoms with Crippen molar-refractivity contribution in [3.8, 4) is 0 Å². The molecule has 0 fully saturated rings. The lowest BCUT2D eigenvalue weighted by Crippen LogP contribution is -2.42. The zero-order valence-corrected chi connectivity index (χ0v) is 13.1. The number of ether oxygens (including phenoxy) is 1. The summed E-state index contributed by atoms with van der Waals surface area (Å²) in [6.07, 6.45) is 0.425. The van der Waals surface area contributed by atoms with Crippen LogP contribution in [0.2, 0.25) is 0 Å². The Balaban J connectivity index is 4.56. The van der Waals surface area contributed by atoms with E-state index >= 15 is 0 Å². The van der Waals surface area contributed by atoms with Crippen LogP contribution in [0.25, 0.3) is 0 Å². The van der Waals surface area contributed by atoms with Crippen molar-refractivity contribution in [3.63, 3.8) is 0 Å². The minimum atomic E-state index is -0.381. The maximum Gasteiger partial charge on any atom is 0.310 e. The van der Waals surface area contributed by atoms with Crippen molar-refractivity contribution in [1.82, 2.24) is 10.2 Å². The summed E-state index contributed by atoms with van der Waals surface area (Å²) in [5.41, 5.74) is 0. The van der Waals surface area contributed by atoms with Gasteiger partial charge in [-0.25, -0.2) is 0 Å². The highest BCUT2D eigenvalue weighted by Crippen LogP contribution is 2.08. The van der Waals surface area contributed by atoms with Crippen molar-refractivity contribution >= 4 is 17.8 Å². The number of carbonyl (C=O) groups is 3. The summed E-state index contributed by atoms with van der Waals surface area (Å²) in [7, 11) is 1.33. The van der Waals surface area contributed by atoms with Crippen LogP contribution in [-0.2, 0) is 19.1 Å². The molecule has 116 valence electrons. The summed E-state index contributed by atoms with van der Waals surface area (Å²) in [5, 5.41) is 2.65. The number of methoxy groups -OCH3 is 1. The van der Waals surface area contributed by atoms with E-state index in [-0.39, 0.29) is 29.6 Å². The monoisotopic (exact) mass is 286 g/mol. The molecule has 6 nitrogen and oxygen atoms in total. The first kappa shape index (κ1) is 18.4. The number of carbonyl (C=O) groups excluding carboxylic acids is 3. The Bertz CT molecular complexity index is 342. The minimum Gasteiger partial charge on any atom is -0.469 e. The van der Waals surface area contributed by atoms with Crippen molar-refractivity contribution in [2.24, 2.45) is 11.8 Å². The van der Waals surface area contributed by atoms with Gasteiger partial charge >= 0.3 is 5.97 Å². The van der Waals surface area contributed by atoms with Crippen molar-refractivity contribution in [1.29, 1.82) is 0 Å². The van der Waals surface area contributed by atoms with Crippen LogP contribution >= 0.6 is 0 Å². The van der Waals surface area contributed by atoms with Gasteiger partial charge in [0.15, 0.2) is 0 Å². The van der Waals surface area contributed by atoms with E-state index in [1.54, 1.807) is 11.8 Å². The fourth-order valence-corrected chi connectivity index (χ4v) is 1.77. The lowest BCUT2D eigenvalue weighted by atomic mass is 10.1. The third-order valence-corrected chi connectivity index (χ3v) is 2.79. The maximum absolute atomic E-state index is 12.1. The van der Waals surface area contributed by atoms with Gasteiger partial charge in [-0.1, -0.05) is 20.8 Å². The molecule has 0 aliphatic rings. The molecule has 0 aromatic heterocycles. The summed E-state index contributed by atoms with van der Waals surface area (Å²) >= 11 is 0. The molecule has 1 atom stereocenters. The molecule has 0 aliphatic heterocycles. The lowest BCUT2D eigenvalue weighted by molar-refractivity contribution is -0.146. The number of rotatable bonds is 8. The van der Waals surface area contributed by atoms with Gasteiger partial charge in [0.05, 0.1) is 13.0 Å². The molecule has 6 heteroatoms. The molecule has 1 N–H and O–H groups in total. The highest BCUT2D eigenvalue weighted by molar-refractivity contribution is 5.78. The zero-order valence-electron chi connectivity index (χ0n) is 13.1. The SMILES string of the molecule is COC(=O)C(C)CN(CCNC(C)=O)C(=O)CC(C)C. The van der Waals surface area contributed by atoms with Crippen LogP contribution < -0.4 is 5.32 Å². The maximum atomic E-state index is 12.1. The smallest absolute Gasteiger partial charge is 0.310 e. The minimum absolute atomic E-state index is 0.0129. The van der Waals surface area contributed by atoms with Crippen LogP contribution in [0, 0.1) is 11.8 Å². The molecule has 0 aliphatic carbocycles. The van der Waals surface area contributed by atoms with Crippen LogP contribution in [-0.4, -0.2) is 49.4 Å². The molecule has 0 bridgehead atoms. The van der Waals surface area contributed by atoms with Gasteiger partial charge < -0.3 is 15.0 Å². The molecule has 1 unspecified atom stereocenters. The highest BCUT2D eigenvalue weighted by atomic mass is 16.5. The van der Waals surface area contributed by atoms with Gasteiger partial charge in [-0.05, 0) is 5.92 Å². The molecule has 20 heavy (non-hydrogen) atoms. The molecule has 0 aromatic rings. The second kappa shape index (κ2) is 9.34. The van der Waals surface area contributed by atoms with Crippen LogP contribution in [0.3, 0.4) is 0 Å². The molecular formula is C14H26N2O4. The van der Waals surface area contributed by atoms with Gasteiger partial charge in [0.25, 0.3) is 0 Å². The summed E-state index contributed by atoms with van der Waals surface area (Å²) in [6.45, 7) is 8.16. The topological polar surface area (TPSA) is 75.7 Å². The molecule has 0 rings (SSSR count). The Hall–Kier alpha value is -1.59. The van der Waals surface area contributed by atoms with Crippen molar-refractivity contribution < 1.29 is 19.1 Å². The number of esters is 1. The van der Waals surface area contributed by atoms with Crippen molar-refractivity contribution in [2.45, 2.75) is 34.1 Å². The predicted octanol–water partition coefficient (Wildman–Crippen LogP) is 0.806. The first-order valence-corrected chi connectivity index (χ1v) is 6.88. The second-order valence-electron chi connectivity index (χ2n) is 5.34. The average Bonchev–Trinajstić information content (AvgIpc) is 2.34. The third kappa shape index (κ3) is 7.76. The van der Waals surface area contributed by atoms with Gasteiger partial charge in [0.2, 0.25) is 11.8 Å². The van der Waals surface area contributed by atoms with Crippen LogP contribution in [0.15, 0.2) is 0 Å². The number of nitrogens with zero attached hydrogens (tertiary/aromatic N) is 1. The molecular weight excluding hydrogens is 260 g/mol. The fourth-order valence-electron chi connectivity index (χ4n) is 1.77. The van der Waals surface area contributed by atoms with Crippen molar-refractivity contribution in [3.05, 3.63) is 0 Å². The van der Waals surface area contributed by atoms with E-state index in [1.807, 2.05) is 13.8 Å². The molecule has 0 saturated carbocycles. The molecule has 0 radical (unpaired) electrons. The number of hydrogen-bond donors (Lipinski definition) is 1. The first-order valence-electron chi connectivity index (χ1n) is 6.88. The van der Waals surface area contributed by atoms with E-state index in [4.69, 9.17) is 0 Å². The van der Waals surface area contributed by atoms with E-state index in [2.05, 4.69) is 10.1 Å². The van der Waals surface area contributed by atoms with Gasteiger partial charge in [-0.2, -0.15) is 0 Å². The summed E-state index contributed by atoms with van der Waals surface area (Å²) in [5.74, 6) is -0.622. The Labute approximate surface area is 120 Å². The largest absolute Gasteiger partial charge is 0.469 e. The Morgan fingerprint density at radius 2 is 1.80 bits per heavy atom. The van der Waals surface area contributed by atoms with Crippen LogP contribution in [0.4, 0.5) is 0 Å². The quantitative estimate of drug-likeness (QED) is 0.670. The van der Waals surface area contributed by atoms with Crippen LogP contribution in [0.5, 0.6) is 0 Å². The van der Waals surface area contributed by atoms with E-state index < -0.39 is 0 Å². The summed E-state index contributed by atoms with van der Waals surface area (Å²) < 4.78 is 4.67. The second-order valence-corrected chi connectivity index (χ2v) is 5.34. The van der Waals surface area contributed by atoms with E-state index in [0.29, 0.717) is 26.1 Å². The summed E-state index contributed by atoms with van der Waals surface area (Å²) in [6, 6.07) is 0. The van der Waals surface area contributed by atoms with Gasteiger partial charge in [0.1, 0.15) is 0 Å². The Morgan fingerprint density at radius 3 is 2.25 bits per heavy atom. The lowest BCUT2D eigenvalue weighted by Gasteiger charge is -2.26. The van der Waals surface area contributed by atoms with Crippen molar-refractivity contribution in [2.75, 3.05) is 26.7 Å². The number of nitrogens with one attached hydrogen (secondary N) is 1. The van der Waals surface area contributed by atoms with E-state index in [1.165, 1.54) is 14.0 Å². The highest BCUT2D eigenvalue weighted by Gasteiger charge is 2.21. The van der Waals surface area contributed by atoms with Gasteiger partial charge in [-0.15, -0.1) is 0 Å². The number of hydrogen-bond acceptors (Lipinski definition) is 4. The zero-order chi connectivity index (χ0) is 15.7.